The zero-order valence-electron chi connectivity index (χ0n) is 5.44. The number of hydrogen-bond acceptors (Lipinski definition) is 1. The van der Waals surface area contributed by atoms with Gasteiger partial charge in [0.25, 0.3) is 0 Å². The van der Waals surface area contributed by atoms with E-state index in [2.05, 4.69) is 6.92 Å². The van der Waals surface area contributed by atoms with Crippen molar-refractivity contribution < 1.29 is 24.1 Å². The number of unbranched alkanes of at least 4 members (excludes halogenated alkanes) is 1. The van der Waals surface area contributed by atoms with Crippen LogP contribution in [0.2, 0.25) is 0 Å². The van der Waals surface area contributed by atoms with Gasteiger partial charge >= 0.3 is 61.5 Å². The Morgan fingerprint density at radius 3 is 2.62 bits per heavy atom. The third-order valence-electron chi connectivity index (χ3n) is 0.962. The maximum atomic E-state index is 5.01. The molecule has 0 spiro atoms. The van der Waals surface area contributed by atoms with Gasteiger partial charge in [-0.15, -0.1) is 0 Å². The second kappa shape index (κ2) is 5.65. The third-order valence-corrected chi connectivity index (χ3v) is 2.29. The van der Waals surface area contributed by atoms with Crippen molar-refractivity contribution in [1.82, 2.24) is 0 Å². The summed E-state index contributed by atoms with van der Waals surface area (Å²) in [4.78, 5) is 0. The van der Waals surface area contributed by atoms with Gasteiger partial charge in [0, 0.05) is 0 Å². The Balaban J connectivity index is 2.99. The molecule has 0 aromatic rings. The molecule has 8 heavy (non-hydrogen) atoms. The average Bonchev–Trinajstić information content (AvgIpc) is 1.83. The fourth-order valence-electron chi connectivity index (χ4n) is 0.423. The molecule has 0 amide bonds. The summed E-state index contributed by atoms with van der Waals surface area (Å²) in [5.41, 5.74) is 0. The van der Waals surface area contributed by atoms with E-state index >= 15 is 0 Å². The van der Waals surface area contributed by atoms with Crippen molar-refractivity contribution in [2.24, 2.45) is 0 Å². The molecule has 0 unspecified atom stereocenters. The monoisotopic (exact) mass is 284 g/mol. The molecule has 0 fully saturated rings. The average molecular weight is 284 g/mol. The van der Waals surface area contributed by atoms with E-state index in [0.717, 1.165) is 6.42 Å². The van der Waals surface area contributed by atoms with Crippen molar-refractivity contribution >= 4 is 4.08 Å². The molecule has 0 bridgehead atoms. The molecular weight excluding hydrogens is 272 g/mol. The molecule has 0 N–H and O–H groups in total. The molecule has 0 aromatic heterocycles. The van der Waals surface area contributed by atoms with Crippen LogP contribution in [-0.4, -0.2) is 11.2 Å². The van der Waals surface area contributed by atoms with Crippen molar-refractivity contribution in [3.63, 3.8) is 0 Å². The Morgan fingerprint density at radius 1 is 1.62 bits per heavy atom. The summed E-state index contributed by atoms with van der Waals surface area (Å²) < 4.78 is 6.23. The topological polar surface area (TPSA) is 9.23 Å². The van der Waals surface area contributed by atoms with Crippen molar-refractivity contribution in [2.45, 2.75) is 26.2 Å². The SMILES string of the molecule is CCCC[C](=[W])OC. The van der Waals surface area contributed by atoms with Gasteiger partial charge in [-0.1, -0.05) is 0 Å². The van der Waals surface area contributed by atoms with E-state index in [9.17, 15) is 0 Å². The van der Waals surface area contributed by atoms with Crippen LogP contribution >= 0.6 is 0 Å². The van der Waals surface area contributed by atoms with Crippen LogP contribution in [0.5, 0.6) is 0 Å². The van der Waals surface area contributed by atoms with E-state index in [1.165, 1.54) is 36.3 Å². The third kappa shape index (κ3) is 4.67. The molecule has 0 aromatic carbocycles. The summed E-state index contributed by atoms with van der Waals surface area (Å²) in [6.07, 6.45) is 3.69. The van der Waals surface area contributed by atoms with Gasteiger partial charge in [-0.25, -0.2) is 0 Å². The van der Waals surface area contributed by atoms with Gasteiger partial charge in [-0.2, -0.15) is 0 Å². The second-order valence-corrected chi connectivity index (χ2v) is 3.32. The van der Waals surface area contributed by atoms with Gasteiger partial charge in [-0.05, 0) is 0 Å². The van der Waals surface area contributed by atoms with Crippen LogP contribution in [-0.2, 0) is 24.1 Å². The Kier molecular flexibility index (Phi) is 6.02. The molecule has 0 atom stereocenters. The Hall–Kier alpha value is 0.518. The second-order valence-electron chi connectivity index (χ2n) is 1.68. The van der Waals surface area contributed by atoms with Crippen LogP contribution in [0, 0.1) is 0 Å². The molecule has 0 rings (SSSR count). The fraction of sp³-hybridized carbons (Fsp3) is 0.833. The molecular formula is C6H12OW. The summed E-state index contributed by atoms with van der Waals surface area (Å²) in [6.45, 7) is 2.19. The summed E-state index contributed by atoms with van der Waals surface area (Å²) in [7, 11) is 1.75. The molecule has 0 aliphatic carbocycles. The van der Waals surface area contributed by atoms with E-state index in [0.29, 0.717) is 0 Å². The van der Waals surface area contributed by atoms with Crippen molar-refractivity contribution in [3.8, 4) is 0 Å². The van der Waals surface area contributed by atoms with Gasteiger partial charge in [0.15, 0.2) is 0 Å². The number of hydrogen-bond donors (Lipinski definition) is 0. The van der Waals surface area contributed by atoms with Gasteiger partial charge in [-0.3, -0.25) is 0 Å². The number of methoxy groups -OCH3 is 1. The number of rotatable bonds is 4. The van der Waals surface area contributed by atoms with Gasteiger partial charge < -0.3 is 0 Å². The van der Waals surface area contributed by atoms with E-state index < -0.39 is 0 Å². The van der Waals surface area contributed by atoms with Crippen LogP contribution in [0.1, 0.15) is 26.2 Å². The van der Waals surface area contributed by atoms with E-state index in [1.54, 1.807) is 7.11 Å². The van der Waals surface area contributed by atoms with Crippen molar-refractivity contribution in [3.05, 3.63) is 0 Å². The summed E-state index contributed by atoms with van der Waals surface area (Å²) in [5, 5.41) is 0. The van der Waals surface area contributed by atoms with Crippen molar-refractivity contribution in [1.29, 1.82) is 0 Å². The summed E-state index contributed by atoms with van der Waals surface area (Å²) in [6, 6.07) is 0. The standard InChI is InChI=1S/C6H12O.W/c1-3-4-5-6-7-2;/h3-5H2,1-2H3;. The number of ether oxygens (including phenoxy) is 1. The fourth-order valence-corrected chi connectivity index (χ4v) is 0.942. The molecule has 48 valence electrons. The van der Waals surface area contributed by atoms with E-state index in [-0.39, 0.29) is 0 Å². The van der Waals surface area contributed by atoms with Gasteiger partial charge in [0.2, 0.25) is 0 Å². The van der Waals surface area contributed by atoms with Gasteiger partial charge in [0.1, 0.15) is 0 Å². The molecule has 0 aliphatic rings. The molecule has 0 heterocycles. The predicted octanol–water partition coefficient (Wildman–Crippen LogP) is 1.50. The Labute approximate surface area is 61.8 Å². The predicted molar refractivity (Wildman–Crippen MR) is 31.5 cm³/mol. The van der Waals surface area contributed by atoms with Crippen LogP contribution in [0.3, 0.4) is 0 Å². The quantitative estimate of drug-likeness (QED) is 0.760. The first-order valence-corrected chi connectivity index (χ1v) is 4.34. The Morgan fingerprint density at radius 2 is 2.25 bits per heavy atom. The summed E-state index contributed by atoms with van der Waals surface area (Å²) in [5.74, 6) is 0. The Bertz CT molecular complexity index is 70.9. The van der Waals surface area contributed by atoms with Gasteiger partial charge in [0.05, 0.1) is 0 Å². The first-order valence-electron chi connectivity index (χ1n) is 2.88. The molecule has 0 saturated carbocycles. The van der Waals surface area contributed by atoms with Crippen LogP contribution < -0.4 is 0 Å². The van der Waals surface area contributed by atoms with E-state index in [1.807, 2.05) is 0 Å². The molecule has 2 heteroatoms. The molecule has 0 radical (unpaired) electrons. The van der Waals surface area contributed by atoms with Crippen LogP contribution in [0.15, 0.2) is 0 Å². The van der Waals surface area contributed by atoms with Crippen LogP contribution in [0.25, 0.3) is 0 Å². The minimum atomic E-state index is 1.16. The first kappa shape index (κ1) is 8.52. The zero-order chi connectivity index (χ0) is 6.41. The maximum absolute atomic E-state index is 5.01. The molecule has 0 aliphatic heterocycles. The van der Waals surface area contributed by atoms with E-state index in [4.69, 9.17) is 4.74 Å². The van der Waals surface area contributed by atoms with Crippen LogP contribution in [0.4, 0.5) is 0 Å². The minimum absolute atomic E-state index is 1.16. The first-order chi connectivity index (χ1) is 3.81. The molecule has 1 nitrogen and oxygen atoms in total. The molecule has 0 saturated heterocycles. The zero-order valence-corrected chi connectivity index (χ0v) is 8.37. The normalized spacial score (nSPS) is 9.25. The summed E-state index contributed by atoms with van der Waals surface area (Å²) >= 11 is 1.47. The van der Waals surface area contributed by atoms with Crippen molar-refractivity contribution in [2.75, 3.05) is 7.11 Å².